The lowest BCUT2D eigenvalue weighted by Gasteiger charge is -2.32. The molecule has 5 heteroatoms. The van der Waals surface area contributed by atoms with Crippen LogP contribution in [0.5, 0.6) is 0 Å². The minimum atomic E-state index is -2.46. The molecule has 0 aliphatic carbocycles. The van der Waals surface area contributed by atoms with E-state index in [0.717, 1.165) is 19.4 Å². The summed E-state index contributed by atoms with van der Waals surface area (Å²) < 4.78 is 25.8. The molecular formula is C12H22F2N2O. The smallest absolute Gasteiger partial charge is 0.250 e. The molecule has 1 atom stereocenters. The highest BCUT2D eigenvalue weighted by atomic mass is 19.3. The van der Waals surface area contributed by atoms with Gasteiger partial charge in [-0.2, -0.15) is 0 Å². The van der Waals surface area contributed by atoms with Crippen molar-refractivity contribution in [3.8, 4) is 0 Å². The summed E-state index contributed by atoms with van der Waals surface area (Å²) in [5.41, 5.74) is 5.08. The molecule has 3 nitrogen and oxygen atoms in total. The molecule has 0 spiro atoms. The van der Waals surface area contributed by atoms with E-state index < -0.39 is 5.92 Å². The molecule has 1 saturated heterocycles. The predicted molar refractivity (Wildman–Crippen MR) is 62.8 cm³/mol. The van der Waals surface area contributed by atoms with Gasteiger partial charge in [0.1, 0.15) is 0 Å². The number of likely N-dealkylation sites (tertiary alicyclic amines) is 1. The Morgan fingerprint density at radius 2 is 1.94 bits per heavy atom. The summed E-state index contributed by atoms with van der Waals surface area (Å²) in [5, 5.41) is 0. The summed E-state index contributed by atoms with van der Waals surface area (Å²) in [6.45, 7) is 3.88. The molecule has 0 saturated carbocycles. The molecule has 0 aromatic heterocycles. The zero-order valence-electron chi connectivity index (χ0n) is 10.4. The number of rotatable bonds is 6. The van der Waals surface area contributed by atoms with Crippen LogP contribution >= 0.6 is 0 Å². The topological polar surface area (TPSA) is 46.3 Å². The lowest BCUT2D eigenvalue weighted by atomic mass is 10.00. The molecule has 0 radical (unpaired) electrons. The van der Waals surface area contributed by atoms with Crippen LogP contribution in [0.25, 0.3) is 0 Å². The second-order valence-electron chi connectivity index (χ2n) is 5.10. The number of nitrogens with zero attached hydrogens (tertiary/aromatic N) is 1. The highest BCUT2D eigenvalue weighted by Crippen LogP contribution is 2.27. The first-order chi connectivity index (χ1) is 7.89. The Hall–Kier alpha value is -0.710. The number of hydrogen-bond donors (Lipinski definition) is 1. The third kappa shape index (κ3) is 5.96. The van der Waals surface area contributed by atoms with Crippen molar-refractivity contribution >= 4 is 5.91 Å². The van der Waals surface area contributed by atoms with Crippen molar-refractivity contribution in [1.29, 1.82) is 0 Å². The normalized spacial score (nSPS) is 22.3. The molecule has 1 fully saturated rings. The molecule has 0 aromatic rings. The van der Waals surface area contributed by atoms with Crippen molar-refractivity contribution < 1.29 is 13.6 Å². The summed E-state index contributed by atoms with van der Waals surface area (Å²) in [6, 6.07) is 0. The molecule has 0 bridgehead atoms. The van der Waals surface area contributed by atoms with Crippen LogP contribution in [0, 0.1) is 5.92 Å². The molecule has 0 aromatic carbocycles. The van der Waals surface area contributed by atoms with E-state index in [1.165, 1.54) is 0 Å². The van der Waals surface area contributed by atoms with E-state index in [0.29, 0.717) is 25.4 Å². The van der Waals surface area contributed by atoms with Crippen LogP contribution in [0.1, 0.15) is 39.0 Å². The Morgan fingerprint density at radius 3 is 2.47 bits per heavy atom. The average molecular weight is 248 g/mol. The Balaban J connectivity index is 2.12. The Kier molecular flexibility index (Phi) is 5.31. The molecule has 100 valence electrons. The molecule has 1 amide bonds. The zero-order chi connectivity index (χ0) is 12.9. The SMILES string of the molecule is C[C@@H](CCC(N)=O)CCN1CCC(F)(F)CC1. The summed E-state index contributed by atoms with van der Waals surface area (Å²) in [6.07, 6.45) is 2.10. The van der Waals surface area contributed by atoms with E-state index in [-0.39, 0.29) is 18.7 Å². The van der Waals surface area contributed by atoms with Crippen molar-refractivity contribution in [2.75, 3.05) is 19.6 Å². The van der Waals surface area contributed by atoms with Crippen LogP contribution in [0.3, 0.4) is 0 Å². The van der Waals surface area contributed by atoms with Crippen molar-refractivity contribution in [1.82, 2.24) is 4.90 Å². The fourth-order valence-corrected chi connectivity index (χ4v) is 2.04. The minimum absolute atomic E-state index is 0.0251. The third-order valence-corrected chi connectivity index (χ3v) is 3.41. The van der Waals surface area contributed by atoms with Crippen LogP contribution in [0.4, 0.5) is 8.78 Å². The molecule has 1 heterocycles. The van der Waals surface area contributed by atoms with Gasteiger partial charge >= 0.3 is 0 Å². The molecular weight excluding hydrogens is 226 g/mol. The highest BCUT2D eigenvalue weighted by molar-refractivity contribution is 5.73. The first-order valence-corrected chi connectivity index (χ1v) is 6.27. The van der Waals surface area contributed by atoms with Gasteiger partial charge in [0.05, 0.1) is 0 Å². The van der Waals surface area contributed by atoms with Crippen LogP contribution in [-0.4, -0.2) is 36.4 Å². The Labute approximate surface area is 101 Å². The van der Waals surface area contributed by atoms with Crippen molar-refractivity contribution in [2.45, 2.75) is 45.0 Å². The molecule has 1 aliphatic rings. The molecule has 2 N–H and O–H groups in total. The highest BCUT2D eigenvalue weighted by Gasteiger charge is 2.33. The van der Waals surface area contributed by atoms with Gasteiger partial charge in [-0.1, -0.05) is 6.92 Å². The zero-order valence-corrected chi connectivity index (χ0v) is 10.4. The summed E-state index contributed by atoms with van der Waals surface area (Å²) >= 11 is 0. The van der Waals surface area contributed by atoms with Gasteiger partial charge in [0.25, 0.3) is 5.92 Å². The fourth-order valence-electron chi connectivity index (χ4n) is 2.04. The molecule has 1 rings (SSSR count). The lowest BCUT2D eigenvalue weighted by molar-refractivity contribution is -0.118. The number of alkyl halides is 2. The maximum absolute atomic E-state index is 12.9. The van der Waals surface area contributed by atoms with Gasteiger partial charge in [-0.05, 0) is 25.3 Å². The van der Waals surface area contributed by atoms with E-state index >= 15 is 0 Å². The van der Waals surface area contributed by atoms with E-state index in [4.69, 9.17) is 5.73 Å². The number of carbonyl (C=O) groups excluding carboxylic acids is 1. The predicted octanol–water partition coefficient (Wildman–Crippen LogP) is 2.01. The van der Waals surface area contributed by atoms with Crippen LogP contribution in [0.15, 0.2) is 0 Å². The largest absolute Gasteiger partial charge is 0.370 e. The third-order valence-electron chi connectivity index (χ3n) is 3.41. The van der Waals surface area contributed by atoms with Crippen LogP contribution in [0.2, 0.25) is 0 Å². The molecule has 1 aliphatic heterocycles. The van der Waals surface area contributed by atoms with E-state index in [1.807, 2.05) is 0 Å². The van der Waals surface area contributed by atoms with E-state index in [9.17, 15) is 13.6 Å². The standard InChI is InChI=1S/C12H22F2N2O/c1-10(2-3-11(15)17)4-7-16-8-5-12(13,14)6-9-16/h10H,2-9H2,1H3,(H2,15,17)/t10-/m0/s1. The monoisotopic (exact) mass is 248 g/mol. The van der Waals surface area contributed by atoms with Crippen molar-refractivity contribution in [3.63, 3.8) is 0 Å². The second-order valence-corrected chi connectivity index (χ2v) is 5.10. The summed E-state index contributed by atoms with van der Waals surface area (Å²) in [4.78, 5) is 12.7. The van der Waals surface area contributed by atoms with E-state index in [1.54, 1.807) is 0 Å². The quantitative estimate of drug-likeness (QED) is 0.781. The first kappa shape index (κ1) is 14.4. The molecule has 0 unspecified atom stereocenters. The number of halogens is 2. The number of amides is 1. The number of hydrogen-bond acceptors (Lipinski definition) is 2. The van der Waals surface area contributed by atoms with Crippen LogP contribution < -0.4 is 5.73 Å². The number of piperidine rings is 1. The van der Waals surface area contributed by atoms with Gasteiger partial charge in [-0.25, -0.2) is 8.78 Å². The Bertz CT molecular complexity index is 249. The lowest BCUT2D eigenvalue weighted by Crippen LogP contribution is -2.40. The summed E-state index contributed by atoms with van der Waals surface area (Å²) in [7, 11) is 0. The van der Waals surface area contributed by atoms with Crippen molar-refractivity contribution in [2.24, 2.45) is 11.7 Å². The van der Waals surface area contributed by atoms with Gasteiger partial charge in [0.15, 0.2) is 0 Å². The first-order valence-electron chi connectivity index (χ1n) is 6.27. The number of nitrogens with two attached hydrogens (primary N) is 1. The fraction of sp³-hybridized carbons (Fsp3) is 0.917. The summed E-state index contributed by atoms with van der Waals surface area (Å²) in [5.74, 6) is -2.31. The maximum Gasteiger partial charge on any atom is 0.250 e. The Morgan fingerprint density at radius 1 is 1.35 bits per heavy atom. The number of primary amides is 1. The second kappa shape index (κ2) is 6.28. The van der Waals surface area contributed by atoms with Crippen LogP contribution in [-0.2, 0) is 4.79 Å². The maximum atomic E-state index is 12.9. The van der Waals surface area contributed by atoms with Gasteiger partial charge in [-0.15, -0.1) is 0 Å². The van der Waals surface area contributed by atoms with Gasteiger partial charge in [0.2, 0.25) is 5.91 Å². The van der Waals surface area contributed by atoms with E-state index in [2.05, 4.69) is 11.8 Å². The van der Waals surface area contributed by atoms with Crippen molar-refractivity contribution in [3.05, 3.63) is 0 Å². The minimum Gasteiger partial charge on any atom is -0.370 e. The number of carbonyl (C=O) groups is 1. The van der Waals surface area contributed by atoms with Gasteiger partial charge in [0, 0.05) is 32.4 Å². The molecule has 17 heavy (non-hydrogen) atoms. The van der Waals surface area contributed by atoms with Gasteiger partial charge < -0.3 is 10.6 Å². The average Bonchev–Trinajstić information content (AvgIpc) is 2.25. The van der Waals surface area contributed by atoms with Gasteiger partial charge in [-0.3, -0.25) is 4.79 Å².